The van der Waals surface area contributed by atoms with Crippen LogP contribution in [0.5, 0.6) is 0 Å². The quantitative estimate of drug-likeness (QED) is 0.846. The number of ether oxygens (including phenoxy) is 1. The van der Waals surface area contributed by atoms with E-state index in [0.717, 1.165) is 21.8 Å². The van der Waals surface area contributed by atoms with Crippen molar-refractivity contribution in [1.82, 2.24) is 4.98 Å². The standard InChI is InChI=1S/C13H15N3O3S2/c1-5-7(3)20-11(8(5)12(18)19-4)16-10(17)9-6(2)15-13(14)21-9/h1-4H3,(H2,14,15)(H,16,17). The smallest absolute Gasteiger partial charge is 0.341 e. The predicted molar refractivity (Wildman–Crippen MR) is 84.3 cm³/mol. The van der Waals surface area contributed by atoms with Gasteiger partial charge in [0.25, 0.3) is 5.91 Å². The molecule has 6 nitrogen and oxygen atoms in total. The lowest BCUT2D eigenvalue weighted by Gasteiger charge is -2.05. The second-order valence-electron chi connectivity index (χ2n) is 4.40. The van der Waals surface area contributed by atoms with Crippen LogP contribution in [0.4, 0.5) is 10.1 Å². The molecular formula is C13H15N3O3S2. The number of carbonyl (C=O) groups excluding carboxylic acids is 2. The number of thiazole rings is 1. The van der Waals surface area contributed by atoms with Crippen molar-refractivity contribution in [2.75, 3.05) is 18.2 Å². The summed E-state index contributed by atoms with van der Waals surface area (Å²) in [4.78, 5) is 29.6. The van der Waals surface area contributed by atoms with E-state index in [9.17, 15) is 9.59 Å². The zero-order valence-electron chi connectivity index (χ0n) is 12.1. The number of methoxy groups -OCH3 is 1. The Morgan fingerprint density at radius 1 is 1.24 bits per heavy atom. The first-order valence-corrected chi connectivity index (χ1v) is 7.71. The van der Waals surface area contributed by atoms with Gasteiger partial charge in [0.05, 0.1) is 18.4 Å². The molecule has 0 aliphatic rings. The van der Waals surface area contributed by atoms with Crippen LogP contribution < -0.4 is 11.1 Å². The number of aryl methyl sites for hydroxylation is 2. The van der Waals surface area contributed by atoms with Gasteiger partial charge in [0.1, 0.15) is 9.88 Å². The Bertz CT molecular complexity index is 719. The SMILES string of the molecule is COC(=O)c1c(NC(=O)c2sc(N)nc2C)sc(C)c1C. The highest BCUT2D eigenvalue weighted by Crippen LogP contribution is 2.33. The number of nitrogens with two attached hydrogens (primary N) is 1. The predicted octanol–water partition coefficient (Wildman–Crippen LogP) is 2.75. The van der Waals surface area contributed by atoms with Gasteiger partial charge in [0.15, 0.2) is 5.13 Å². The second-order valence-corrected chi connectivity index (χ2v) is 6.66. The van der Waals surface area contributed by atoms with E-state index in [1.165, 1.54) is 18.4 Å². The molecule has 3 N–H and O–H groups in total. The number of carbonyl (C=O) groups is 2. The van der Waals surface area contributed by atoms with E-state index in [0.29, 0.717) is 26.3 Å². The largest absolute Gasteiger partial charge is 0.465 e. The van der Waals surface area contributed by atoms with E-state index >= 15 is 0 Å². The van der Waals surface area contributed by atoms with E-state index in [2.05, 4.69) is 10.3 Å². The molecule has 2 rings (SSSR count). The first-order valence-electron chi connectivity index (χ1n) is 6.07. The number of hydrogen-bond donors (Lipinski definition) is 2. The van der Waals surface area contributed by atoms with Gasteiger partial charge in [-0.2, -0.15) is 0 Å². The van der Waals surface area contributed by atoms with Gasteiger partial charge in [0.2, 0.25) is 0 Å². The van der Waals surface area contributed by atoms with Gasteiger partial charge in [-0.15, -0.1) is 11.3 Å². The normalized spacial score (nSPS) is 10.5. The molecular weight excluding hydrogens is 310 g/mol. The summed E-state index contributed by atoms with van der Waals surface area (Å²) >= 11 is 2.46. The number of rotatable bonds is 3. The van der Waals surface area contributed by atoms with Gasteiger partial charge < -0.3 is 15.8 Å². The number of nitrogen functional groups attached to an aromatic ring is 1. The van der Waals surface area contributed by atoms with Crippen molar-refractivity contribution in [2.45, 2.75) is 20.8 Å². The van der Waals surface area contributed by atoms with Crippen molar-refractivity contribution >= 4 is 44.7 Å². The Morgan fingerprint density at radius 3 is 2.43 bits per heavy atom. The van der Waals surface area contributed by atoms with Gasteiger partial charge >= 0.3 is 5.97 Å². The monoisotopic (exact) mass is 325 g/mol. The molecule has 8 heteroatoms. The molecule has 0 aromatic carbocycles. The third-order valence-corrected chi connectivity index (χ3v) is 5.13. The van der Waals surface area contributed by atoms with Crippen molar-refractivity contribution in [1.29, 1.82) is 0 Å². The molecule has 2 aromatic rings. The zero-order valence-corrected chi connectivity index (χ0v) is 13.7. The van der Waals surface area contributed by atoms with Crippen LogP contribution in [0, 0.1) is 20.8 Å². The highest BCUT2D eigenvalue weighted by Gasteiger charge is 2.23. The molecule has 0 bridgehead atoms. The highest BCUT2D eigenvalue weighted by atomic mass is 32.1. The fraction of sp³-hybridized carbons (Fsp3) is 0.308. The summed E-state index contributed by atoms with van der Waals surface area (Å²) < 4.78 is 4.77. The summed E-state index contributed by atoms with van der Waals surface area (Å²) in [5, 5.41) is 3.57. The first kappa shape index (κ1) is 15.5. The average Bonchev–Trinajstić information content (AvgIpc) is 2.89. The maximum absolute atomic E-state index is 12.3. The molecule has 0 aliphatic carbocycles. The maximum atomic E-state index is 12.3. The molecule has 0 saturated heterocycles. The molecule has 0 spiro atoms. The lowest BCUT2D eigenvalue weighted by Crippen LogP contribution is -2.14. The average molecular weight is 325 g/mol. The Balaban J connectivity index is 2.36. The third kappa shape index (κ3) is 2.91. The van der Waals surface area contributed by atoms with Crippen LogP contribution in [0.1, 0.15) is 36.2 Å². The van der Waals surface area contributed by atoms with Crippen LogP contribution in [0.25, 0.3) is 0 Å². The number of anilines is 2. The molecule has 2 aromatic heterocycles. The van der Waals surface area contributed by atoms with Crippen molar-refractivity contribution in [3.05, 3.63) is 26.6 Å². The number of nitrogens with zero attached hydrogens (tertiary/aromatic N) is 1. The fourth-order valence-corrected chi connectivity index (χ4v) is 3.62. The molecule has 0 fully saturated rings. The van der Waals surface area contributed by atoms with Crippen LogP contribution in [0.3, 0.4) is 0 Å². The molecule has 0 radical (unpaired) electrons. The molecule has 0 aliphatic heterocycles. The molecule has 112 valence electrons. The van der Waals surface area contributed by atoms with Crippen LogP contribution >= 0.6 is 22.7 Å². The molecule has 0 saturated carbocycles. The number of aromatic nitrogens is 1. The number of hydrogen-bond acceptors (Lipinski definition) is 7. The number of thiophene rings is 1. The van der Waals surface area contributed by atoms with E-state index in [4.69, 9.17) is 10.5 Å². The van der Waals surface area contributed by atoms with Crippen LogP contribution in [0.15, 0.2) is 0 Å². The summed E-state index contributed by atoms with van der Waals surface area (Å²) in [6.45, 7) is 5.43. The van der Waals surface area contributed by atoms with E-state index in [-0.39, 0.29) is 5.91 Å². The van der Waals surface area contributed by atoms with E-state index < -0.39 is 5.97 Å². The summed E-state index contributed by atoms with van der Waals surface area (Å²) in [6.07, 6.45) is 0. The van der Waals surface area contributed by atoms with Gasteiger partial charge in [0, 0.05) is 4.88 Å². The first-order chi connectivity index (χ1) is 9.85. The Hall–Kier alpha value is -1.93. The van der Waals surface area contributed by atoms with Gasteiger partial charge in [-0.05, 0) is 26.3 Å². The zero-order chi connectivity index (χ0) is 15.7. The maximum Gasteiger partial charge on any atom is 0.341 e. The number of esters is 1. The summed E-state index contributed by atoms with van der Waals surface area (Å²) in [5.74, 6) is -0.791. The Labute approximate surface area is 130 Å². The molecule has 21 heavy (non-hydrogen) atoms. The molecule has 0 atom stereocenters. The fourth-order valence-electron chi connectivity index (χ4n) is 1.85. The van der Waals surface area contributed by atoms with Crippen molar-refractivity contribution in [3.63, 3.8) is 0 Å². The van der Waals surface area contributed by atoms with Crippen LogP contribution in [-0.2, 0) is 4.74 Å². The van der Waals surface area contributed by atoms with Gasteiger partial charge in [-0.1, -0.05) is 11.3 Å². The van der Waals surface area contributed by atoms with Gasteiger partial charge in [-0.25, -0.2) is 9.78 Å². The third-order valence-electron chi connectivity index (χ3n) is 3.02. The summed E-state index contributed by atoms with van der Waals surface area (Å²) in [6, 6.07) is 0. The van der Waals surface area contributed by atoms with Crippen molar-refractivity contribution < 1.29 is 14.3 Å². The molecule has 1 amide bonds. The number of nitrogens with one attached hydrogen (secondary N) is 1. The second kappa shape index (κ2) is 5.82. The van der Waals surface area contributed by atoms with Crippen molar-refractivity contribution in [3.8, 4) is 0 Å². The Kier molecular flexibility index (Phi) is 4.29. The van der Waals surface area contributed by atoms with E-state index in [1.54, 1.807) is 6.92 Å². The lowest BCUT2D eigenvalue weighted by molar-refractivity contribution is 0.0601. The molecule has 0 unspecified atom stereocenters. The van der Waals surface area contributed by atoms with Gasteiger partial charge in [-0.3, -0.25) is 4.79 Å². The summed E-state index contributed by atoms with van der Waals surface area (Å²) in [5.41, 5.74) is 7.36. The van der Waals surface area contributed by atoms with E-state index in [1.807, 2.05) is 13.8 Å². The van der Waals surface area contributed by atoms with Crippen molar-refractivity contribution in [2.24, 2.45) is 0 Å². The minimum absolute atomic E-state index is 0.326. The highest BCUT2D eigenvalue weighted by molar-refractivity contribution is 7.18. The molecule has 2 heterocycles. The van der Waals surface area contributed by atoms with Crippen LogP contribution in [-0.4, -0.2) is 24.0 Å². The summed E-state index contributed by atoms with van der Waals surface area (Å²) in [7, 11) is 1.31. The Morgan fingerprint density at radius 2 is 1.90 bits per heavy atom. The lowest BCUT2D eigenvalue weighted by atomic mass is 10.1. The van der Waals surface area contributed by atoms with Crippen LogP contribution in [0.2, 0.25) is 0 Å². The minimum atomic E-state index is -0.465. The number of amides is 1. The minimum Gasteiger partial charge on any atom is -0.465 e. The topological polar surface area (TPSA) is 94.3 Å².